The molecule has 60 heavy (non-hydrogen) atoms. The highest BCUT2D eigenvalue weighted by Gasteiger charge is 2.62. The van der Waals surface area contributed by atoms with E-state index in [1.165, 1.54) is 36.0 Å². The molecule has 7 heterocycles. The second-order valence-corrected chi connectivity index (χ2v) is 16.7. The summed E-state index contributed by atoms with van der Waals surface area (Å²) in [6, 6.07) is 16.4. The summed E-state index contributed by atoms with van der Waals surface area (Å²) >= 11 is 0. The molecule has 10 rings (SSSR count). The minimum Gasteiger partial charge on any atom is -0.385 e. The predicted octanol–water partition coefficient (Wildman–Crippen LogP) is 5.80. The highest BCUT2D eigenvalue weighted by molar-refractivity contribution is 6.01. The molecule has 1 spiro atoms. The van der Waals surface area contributed by atoms with Gasteiger partial charge in [0.2, 0.25) is 11.8 Å². The van der Waals surface area contributed by atoms with E-state index in [1.54, 1.807) is 24.1 Å². The maximum Gasteiger partial charge on any atom is 0.269 e. The average molecular weight is 821 g/mol. The molecule has 1 unspecified atom stereocenters. The molecule has 3 aromatic heterocycles. The summed E-state index contributed by atoms with van der Waals surface area (Å²) in [5.74, 6) is -5.14. The first-order valence-electron chi connectivity index (χ1n) is 20.6. The van der Waals surface area contributed by atoms with Crippen LogP contribution in [0, 0.1) is 11.2 Å². The average Bonchev–Trinajstić information content (AvgIpc) is 3.93. The zero-order valence-corrected chi connectivity index (χ0v) is 33.4. The Hall–Kier alpha value is -5.87. The van der Waals surface area contributed by atoms with Gasteiger partial charge in [0.1, 0.15) is 11.5 Å². The number of halogens is 3. The lowest BCUT2D eigenvalue weighted by Gasteiger charge is -2.57. The Morgan fingerprint density at radius 3 is 2.42 bits per heavy atom. The van der Waals surface area contributed by atoms with E-state index in [0.29, 0.717) is 48.8 Å². The van der Waals surface area contributed by atoms with Crippen molar-refractivity contribution in [2.75, 3.05) is 50.0 Å². The van der Waals surface area contributed by atoms with Gasteiger partial charge in [-0.05, 0) is 60.7 Å². The normalized spacial score (nSPS) is 20.6. The minimum absolute atomic E-state index is 0.126. The molecule has 3 amide bonds. The van der Waals surface area contributed by atoms with Gasteiger partial charge in [-0.1, -0.05) is 49.6 Å². The number of nitrogens with two attached hydrogens (primary N) is 1. The lowest BCUT2D eigenvalue weighted by Crippen LogP contribution is -2.69. The molecule has 4 N–H and O–H groups in total. The molecule has 4 aliphatic heterocycles. The third kappa shape index (κ3) is 7.46. The number of hydrogen-bond acceptors (Lipinski definition) is 10. The molecular formula is C44H47F3N10O3. The van der Waals surface area contributed by atoms with Crippen molar-refractivity contribution in [3.8, 4) is 11.3 Å². The highest BCUT2D eigenvalue weighted by Crippen LogP contribution is 2.51. The van der Waals surface area contributed by atoms with Crippen molar-refractivity contribution in [3.63, 3.8) is 0 Å². The van der Waals surface area contributed by atoms with E-state index < -0.39 is 41.4 Å². The van der Waals surface area contributed by atoms with Gasteiger partial charge in [-0.2, -0.15) is 0 Å². The number of piperidine rings is 2. The van der Waals surface area contributed by atoms with Crippen LogP contribution in [0.15, 0.2) is 67.0 Å². The zero-order chi connectivity index (χ0) is 41.8. The van der Waals surface area contributed by atoms with Gasteiger partial charge in [0.25, 0.3) is 11.8 Å². The van der Waals surface area contributed by atoms with Gasteiger partial charge in [-0.3, -0.25) is 34.5 Å². The van der Waals surface area contributed by atoms with Gasteiger partial charge >= 0.3 is 0 Å². The van der Waals surface area contributed by atoms with E-state index in [4.69, 9.17) is 15.8 Å². The Kier molecular flexibility index (Phi) is 10.3. The predicted molar refractivity (Wildman–Crippen MR) is 219 cm³/mol. The summed E-state index contributed by atoms with van der Waals surface area (Å²) in [5, 5.41) is 10.1. The number of benzene rings is 2. The SMILES string of the molecule is C1CC1.CNc1cc(N2CCc3c(-c4ccc(CN5CC6(CCN(Cc7ccc(F)c(C8CCC(=O)NC8=O)c7)CC6(F)F)C5)cn4)cccc32)nn2c(C(N)=O)cnc12. The second-order valence-electron chi connectivity index (χ2n) is 16.7. The van der Waals surface area contributed by atoms with E-state index in [1.807, 2.05) is 47.5 Å². The first-order chi connectivity index (χ1) is 28.9. The smallest absolute Gasteiger partial charge is 0.269 e. The number of aromatic nitrogens is 4. The van der Waals surface area contributed by atoms with Crippen molar-refractivity contribution in [3.05, 3.63) is 101 Å². The van der Waals surface area contributed by atoms with Gasteiger partial charge in [-0.25, -0.2) is 22.7 Å². The number of alkyl halides is 2. The maximum absolute atomic E-state index is 15.9. The molecule has 1 atom stereocenters. The quantitative estimate of drug-likeness (QED) is 0.156. The number of imidazole rings is 1. The number of likely N-dealkylation sites (tertiary alicyclic amines) is 2. The van der Waals surface area contributed by atoms with Crippen molar-refractivity contribution in [2.24, 2.45) is 11.1 Å². The topological polar surface area (TPSA) is 154 Å². The monoisotopic (exact) mass is 820 g/mol. The zero-order valence-electron chi connectivity index (χ0n) is 33.4. The van der Waals surface area contributed by atoms with E-state index in [0.717, 1.165) is 34.5 Å². The van der Waals surface area contributed by atoms with Crippen LogP contribution < -0.4 is 21.3 Å². The summed E-state index contributed by atoms with van der Waals surface area (Å²) < 4.78 is 47.9. The number of rotatable bonds is 9. The fourth-order valence-electron chi connectivity index (χ4n) is 9.02. The van der Waals surface area contributed by atoms with Gasteiger partial charge in [-0.15, -0.1) is 5.10 Å². The summed E-state index contributed by atoms with van der Waals surface area (Å²) in [6.45, 7) is 2.03. The Labute approximate surface area is 345 Å². The Bertz CT molecular complexity index is 2480. The lowest BCUT2D eigenvalue weighted by molar-refractivity contribution is -0.227. The molecule has 312 valence electrons. The molecule has 16 heteroatoms. The van der Waals surface area contributed by atoms with Crippen LogP contribution in [0.2, 0.25) is 0 Å². The number of amides is 3. The van der Waals surface area contributed by atoms with Crippen LogP contribution in [0.25, 0.3) is 16.9 Å². The number of nitrogens with zero attached hydrogens (tertiary/aromatic N) is 7. The molecule has 13 nitrogen and oxygen atoms in total. The van der Waals surface area contributed by atoms with Crippen molar-refractivity contribution in [1.82, 2.24) is 34.7 Å². The van der Waals surface area contributed by atoms with Crippen LogP contribution in [0.1, 0.15) is 77.2 Å². The molecule has 2 aromatic carbocycles. The molecule has 4 fully saturated rings. The van der Waals surface area contributed by atoms with E-state index in [2.05, 4.69) is 20.5 Å². The molecule has 3 saturated heterocycles. The van der Waals surface area contributed by atoms with Crippen LogP contribution in [0.5, 0.6) is 0 Å². The van der Waals surface area contributed by atoms with E-state index in [-0.39, 0.29) is 49.6 Å². The van der Waals surface area contributed by atoms with Crippen molar-refractivity contribution < 1.29 is 27.6 Å². The third-order valence-electron chi connectivity index (χ3n) is 12.4. The number of nitrogens with one attached hydrogen (secondary N) is 2. The number of fused-ring (bicyclic) bond motifs is 2. The summed E-state index contributed by atoms with van der Waals surface area (Å²) in [6.07, 6.45) is 9.16. The first-order valence-corrected chi connectivity index (χ1v) is 20.6. The maximum atomic E-state index is 15.9. The summed E-state index contributed by atoms with van der Waals surface area (Å²) in [4.78, 5) is 51.0. The summed E-state index contributed by atoms with van der Waals surface area (Å²) in [5.41, 5.74) is 11.6. The molecule has 0 radical (unpaired) electrons. The number of carbonyl (C=O) groups excluding carboxylic acids is 3. The van der Waals surface area contributed by atoms with Gasteiger partial charge in [0.15, 0.2) is 11.5 Å². The van der Waals surface area contributed by atoms with Crippen LogP contribution in [0.3, 0.4) is 0 Å². The van der Waals surface area contributed by atoms with Crippen LogP contribution >= 0.6 is 0 Å². The fraction of sp³-hybridized carbons (Fsp3) is 0.409. The Balaban J connectivity index is 0.00000148. The standard InChI is InChI=1S/C41H41F3N10O3.C3H6/c1-46-32-16-35(50-54-34(37(45)56)18-48-38(32)54)53-13-11-27-26(3-2-4-33(27)53)31-9-6-25(17-47-31)20-52-21-40(22-52)12-14-51(23-41(40,43)44)19-24-5-8-30(42)29(15-24)28-7-10-36(55)49-39(28)57;1-2-3-1/h2-6,8-9,15-18,28,46H,7,10-14,19-23H2,1H3,(H2,45,56)(H,49,55,57);1-3H2. The molecule has 5 aliphatic rings. The first kappa shape index (κ1) is 39.6. The van der Waals surface area contributed by atoms with Crippen LogP contribution in [-0.2, 0) is 29.1 Å². The van der Waals surface area contributed by atoms with Crippen molar-refractivity contribution >= 4 is 40.6 Å². The van der Waals surface area contributed by atoms with Crippen molar-refractivity contribution in [1.29, 1.82) is 0 Å². The van der Waals surface area contributed by atoms with Gasteiger partial charge < -0.3 is 16.0 Å². The van der Waals surface area contributed by atoms with Crippen LogP contribution in [-0.4, -0.2) is 92.8 Å². The molecule has 5 aromatic rings. The number of carbonyl (C=O) groups is 3. The second kappa shape index (κ2) is 15.6. The lowest BCUT2D eigenvalue weighted by atomic mass is 9.69. The largest absolute Gasteiger partial charge is 0.385 e. The highest BCUT2D eigenvalue weighted by atomic mass is 19.3. The number of primary amides is 1. The Morgan fingerprint density at radius 2 is 1.72 bits per heavy atom. The van der Waals surface area contributed by atoms with Crippen molar-refractivity contribution in [2.45, 2.75) is 69.9 Å². The van der Waals surface area contributed by atoms with Gasteiger partial charge in [0, 0.05) is 75.3 Å². The summed E-state index contributed by atoms with van der Waals surface area (Å²) in [7, 11) is 1.78. The number of anilines is 3. The Morgan fingerprint density at radius 1 is 0.933 bits per heavy atom. The molecule has 1 aliphatic carbocycles. The van der Waals surface area contributed by atoms with E-state index >= 15 is 8.78 Å². The third-order valence-corrected chi connectivity index (χ3v) is 12.4. The molecule has 0 bridgehead atoms. The van der Waals surface area contributed by atoms with E-state index in [9.17, 15) is 18.8 Å². The molecular weight excluding hydrogens is 774 g/mol. The molecule has 1 saturated carbocycles. The van der Waals surface area contributed by atoms with Crippen LogP contribution in [0.4, 0.5) is 30.4 Å². The fourth-order valence-corrected chi connectivity index (χ4v) is 9.02. The van der Waals surface area contributed by atoms with Gasteiger partial charge in [0.05, 0.1) is 35.5 Å². The number of pyridine rings is 1. The number of hydrogen-bond donors (Lipinski definition) is 3. The minimum atomic E-state index is -2.92. The number of imide groups is 1.